The predicted octanol–water partition coefficient (Wildman–Crippen LogP) is 4.76. The topological polar surface area (TPSA) is 30.2 Å². The second-order valence-electron chi connectivity index (χ2n) is 5.29. The van der Waals surface area contributed by atoms with Crippen LogP contribution in [-0.4, -0.2) is 5.78 Å². The summed E-state index contributed by atoms with van der Waals surface area (Å²) in [4.78, 5) is 13.0. The van der Waals surface area contributed by atoms with Crippen molar-refractivity contribution in [1.82, 2.24) is 0 Å². The maximum atomic E-state index is 13.0. The first kappa shape index (κ1) is 15.6. The third-order valence-corrected chi connectivity index (χ3v) is 4.07. The third kappa shape index (κ3) is 2.94. The molecule has 0 N–H and O–H groups in total. The Kier molecular flexibility index (Phi) is 5.00. The van der Waals surface area contributed by atoms with Crippen LogP contribution in [0, 0.1) is 0 Å². The zero-order chi connectivity index (χ0) is 15.4. The molecule has 2 nitrogen and oxygen atoms in total. The van der Waals surface area contributed by atoms with Crippen LogP contribution in [0.5, 0.6) is 0 Å². The van der Waals surface area contributed by atoms with Gasteiger partial charge in [0.2, 0.25) is 0 Å². The highest BCUT2D eigenvalue weighted by molar-refractivity contribution is 6.11. The average molecular weight is 284 g/mol. The Labute approximate surface area is 127 Å². The Morgan fingerprint density at radius 3 is 2.05 bits per heavy atom. The number of hydrogen-bond acceptors (Lipinski definition) is 2. The van der Waals surface area contributed by atoms with Crippen molar-refractivity contribution in [3.05, 3.63) is 58.0 Å². The molecule has 1 aromatic heterocycles. The maximum Gasteiger partial charge on any atom is 0.197 e. The summed E-state index contributed by atoms with van der Waals surface area (Å²) >= 11 is 0. The van der Waals surface area contributed by atoms with Crippen LogP contribution >= 0.6 is 0 Å². The molecular formula is C19H24O2. The van der Waals surface area contributed by atoms with Gasteiger partial charge in [-0.3, -0.25) is 4.79 Å². The van der Waals surface area contributed by atoms with E-state index in [2.05, 4.69) is 32.9 Å². The lowest BCUT2D eigenvalue weighted by Gasteiger charge is -2.14. The Balaban J connectivity index is 2.59. The number of hydrogen-bond donors (Lipinski definition) is 0. The van der Waals surface area contributed by atoms with E-state index in [1.165, 1.54) is 5.56 Å². The van der Waals surface area contributed by atoms with Gasteiger partial charge in [0, 0.05) is 12.0 Å². The highest BCUT2D eigenvalue weighted by Crippen LogP contribution is 2.25. The fraction of sp³-hybridized carbons (Fsp3) is 0.421. The molecule has 2 heteroatoms. The van der Waals surface area contributed by atoms with Crippen LogP contribution in [-0.2, 0) is 25.7 Å². The monoisotopic (exact) mass is 284 g/mol. The first-order valence-electron chi connectivity index (χ1n) is 7.91. The lowest BCUT2D eigenvalue weighted by Crippen LogP contribution is -2.11. The molecule has 0 saturated carbocycles. The molecule has 1 heterocycles. The van der Waals surface area contributed by atoms with Crippen molar-refractivity contribution in [2.24, 2.45) is 0 Å². The highest BCUT2D eigenvalue weighted by Gasteiger charge is 2.21. The van der Waals surface area contributed by atoms with Gasteiger partial charge in [-0.15, -0.1) is 0 Å². The summed E-state index contributed by atoms with van der Waals surface area (Å²) in [5, 5.41) is 0. The number of carbonyl (C=O) groups is 1. The molecule has 1 aromatic carbocycles. The highest BCUT2D eigenvalue weighted by atomic mass is 16.3. The van der Waals surface area contributed by atoms with Crippen LogP contribution in [0.15, 0.2) is 28.9 Å². The minimum atomic E-state index is 0.108. The number of furan rings is 1. The number of rotatable bonds is 6. The molecule has 2 rings (SSSR count). The fourth-order valence-electron chi connectivity index (χ4n) is 2.84. The van der Waals surface area contributed by atoms with Crippen LogP contribution in [0.4, 0.5) is 0 Å². The van der Waals surface area contributed by atoms with Gasteiger partial charge in [-0.2, -0.15) is 0 Å². The van der Waals surface area contributed by atoms with E-state index < -0.39 is 0 Å². The van der Waals surface area contributed by atoms with Gasteiger partial charge in [0.1, 0.15) is 5.76 Å². The smallest absolute Gasteiger partial charge is 0.197 e. The maximum absolute atomic E-state index is 13.0. The van der Waals surface area contributed by atoms with Gasteiger partial charge in [0.05, 0.1) is 11.8 Å². The lowest BCUT2D eigenvalue weighted by molar-refractivity contribution is 0.103. The van der Waals surface area contributed by atoms with Gasteiger partial charge in [-0.25, -0.2) is 0 Å². The van der Waals surface area contributed by atoms with Gasteiger partial charge in [0.25, 0.3) is 0 Å². The summed E-state index contributed by atoms with van der Waals surface area (Å²) in [6.07, 6.45) is 5.11. The van der Waals surface area contributed by atoms with Crippen LogP contribution in [0.2, 0.25) is 0 Å². The van der Waals surface area contributed by atoms with E-state index in [1.54, 1.807) is 12.3 Å². The zero-order valence-electron chi connectivity index (χ0n) is 13.5. The Bertz CT molecular complexity index is 610. The fourth-order valence-corrected chi connectivity index (χ4v) is 2.84. The molecule has 0 spiro atoms. The molecule has 0 radical (unpaired) electrons. The van der Waals surface area contributed by atoms with Crippen molar-refractivity contribution in [2.75, 3.05) is 0 Å². The third-order valence-electron chi connectivity index (χ3n) is 4.07. The normalized spacial score (nSPS) is 10.9. The molecule has 0 amide bonds. The summed E-state index contributed by atoms with van der Waals surface area (Å²) < 4.78 is 5.43. The molecule has 0 unspecified atom stereocenters. The van der Waals surface area contributed by atoms with E-state index >= 15 is 0 Å². The quantitative estimate of drug-likeness (QED) is 0.716. The van der Waals surface area contributed by atoms with Crippen molar-refractivity contribution in [3.8, 4) is 0 Å². The van der Waals surface area contributed by atoms with Crippen LogP contribution in [0.25, 0.3) is 0 Å². The van der Waals surface area contributed by atoms with Gasteiger partial charge in [-0.05, 0) is 42.0 Å². The molecule has 2 aromatic rings. The molecule has 112 valence electrons. The Hall–Kier alpha value is -1.83. The lowest BCUT2D eigenvalue weighted by atomic mass is 9.89. The SMILES string of the molecule is CCc1cc(CC)c(C(=O)c2ccoc2CC)c(CC)c1. The van der Waals surface area contributed by atoms with E-state index in [0.717, 1.165) is 48.1 Å². The zero-order valence-corrected chi connectivity index (χ0v) is 13.5. The van der Waals surface area contributed by atoms with Gasteiger partial charge >= 0.3 is 0 Å². The molecule has 0 saturated heterocycles. The molecule has 0 aliphatic rings. The molecule has 0 bridgehead atoms. The minimum absolute atomic E-state index is 0.108. The second-order valence-corrected chi connectivity index (χ2v) is 5.29. The average Bonchev–Trinajstić information content (AvgIpc) is 3.01. The molecular weight excluding hydrogens is 260 g/mol. The van der Waals surface area contributed by atoms with E-state index in [0.29, 0.717) is 5.56 Å². The number of carbonyl (C=O) groups excluding carboxylic acids is 1. The summed E-state index contributed by atoms with van der Waals surface area (Å²) in [7, 11) is 0. The van der Waals surface area contributed by atoms with Crippen LogP contribution < -0.4 is 0 Å². The van der Waals surface area contributed by atoms with E-state index in [9.17, 15) is 4.79 Å². The molecule has 0 aliphatic heterocycles. The van der Waals surface area contributed by atoms with Gasteiger partial charge < -0.3 is 4.42 Å². The van der Waals surface area contributed by atoms with Gasteiger partial charge in [0.15, 0.2) is 5.78 Å². The standard InChI is InChI=1S/C19H24O2/c1-5-13-11-14(6-2)18(15(7-3)12-13)19(20)16-9-10-21-17(16)8-4/h9-12H,5-8H2,1-4H3. The molecule has 0 fully saturated rings. The first-order chi connectivity index (χ1) is 10.2. The predicted molar refractivity (Wildman–Crippen MR) is 86.1 cm³/mol. The second kappa shape index (κ2) is 6.75. The number of aryl methyl sites for hydroxylation is 4. The molecule has 0 aliphatic carbocycles. The van der Waals surface area contributed by atoms with E-state index in [4.69, 9.17) is 4.42 Å². The van der Waals surface area contributed by atoms with Crippen molar-refractivity contribution in [3.63, 3.8) is 0 Å². The minimum Gasteiger partial charge on any atom is -0.469 e. The number of ketones is 1. The summed E-state index contributed by atoms with van der Waals surface area (Å²) in [6, 6.07) is 6.16. The Morgan fingerprint density at radius 1 is 0.952 bits per heavy atom. The summed E-state index contributed by atoms with van der Waals surface area (Å²) in [6.45, 7) is 8.39. The van der Waals surface area contributed by atoms with E-state index in [-0.39, 0.29) is 5.78 Å². The van der Waals surface area contributed by atoms with Crippen molar-refractivity contribution in [1.29, 1.82) is 0 Å². The Morgan fingerprint density at radius 2 is 1.57 bits per heavy atom. The molecule has 21 heavy (non-hydrogen) atoms. The summed E-state index contributed by atoms with van der Waals surface area (Å²) in [5.74, 6) is 0.889. The molecule has 0 atom stereocenters. The van der Waals surface area contributed by atoms with Gasteiger partial charge in [-0.1, -0.05) is 39.8 Å². The largest absolute Gasteiger partial charge is 0.469 e. The van der Waals surface area contributed by atoms with Crippen molar-refractivity contribution >= 4 is 5.78 Å². The summed E-state index contributed by atoms with van der Waals surface area (Å²) in [5.41, 5.74) is 5.21. The van der Waals surface area contributed by atoms with Crippen LogP contribution in [0.3, 0.4) is 0 Å². The van der Waals surface area contributed by atoms with Crippen LogP contribution in [0.1, 0.15) is 66.1 Å². The number of benzene rings is 1. The van der Waals surface area contributed by atoms with Crippen molar-refractivity contribution in [2.45, 2.75) is 53.4 Å². The first-order valence-corrected chi connectivity index (χ1v) is 7.91. The van der Waals surface area contributed by atoms with E-state index in [1.807, 2.05) is 6.92 Å². The van der Waals surface area contributed by atoms with Crippen molar-refractivity contribution < 1.29 is 9.21 Å².